The molecule has 1 aromatic carbocycles. The number of hydrogen-bond donors (Lipinski definition) is 2. The van der Waals surface area contributed by atoms with Gasteiger partial charge in [-0.1, -0.05) is 0 Å². The van der Waals surface area contributed by atoms with Gasteiger partial charge in [-0.25, -0.2) is 0 Å². The molecule has 1 saturated heterocycles. The number of benzene rings is 1. The topological polar surface area (TPSA) is 55.8 Å². The first kappa shape index (κ1) is 13.8. The summed E-state index contributed by atoms with van der Waals surface area (Å²) < 4.78 is 0. The lowest BCUT2D eigenvalue weighted by molar-refractivity contribution is 0.0881. The summed E-state index contributed by atoms with van der Waals surface area (Å²) in [6, 6.07) is 6.65. The fourth-order valence-corrected chi connectivity index (χ4v) is 2.25. The van der Waals surface area contributed by atoms with Gasteiger partial charge in [-0.05, 0) is 38.4 Å². The molecule has 1 aliphatic heterocycles. The van der Waals surface area contributed by atoms with E-state index in [1.54, 1.807) is 12.1 Å². The van der Waals surface area contributed by atoms with E-state index < -0.39 is 0 Å². The molecule has 0 aliphatic carbocycles. The van der Waals surface area contributed by atoms with E-state index in [2.05, 4.69) is 29.2 Å². The van der Waals surface area contributed by atoms with Gasteiger partial charge in [-0.2, -0.15) is 0 Å². The van der Waals surface area contributed by atoms with E-state index in [1.807, 2.05) is 0 Å². The molecule has 0 aromatic heterocycles. The number of phenols is 1. The zero-order valence-electron chi connectivity index (χ0n) is 11.5. The number of likely N-dealkylation sites (N-methyl/N-ethyl adjacent to an activating group) is 2. The van der Waals surface area contributed by atoms with E-state index >= 15 is 0 Å². The van der Waals surface area contributed by atoms with Crippen LogP contribution >= 0.6 is 0 Å². The lowest BCUT2D eigenvalue weighted by Crippen LogP contribution is -2.54. The summed E-state index contributed by atoms with van der Waals surface area (Å²) in [6.45, 7) is 3.70. The lowest BCUT2D eigenvalue weighted by atomic mass is 10.1. The Bertz CT molecular complexity index is 433. The molecule has 5 nitrogen and oxygen atoms in total. The van der Waals surface area contributed by atoms with Crippen LogP contribution < -0.4 is 5.32 Å². The molecular formula is C14H21N3O2. The van der Waals surface area contributed by atoms with E-state index in [0.29, 0.717) is 18.2 Å². The van der Waals surface area contributed by atoms with Crippen molar-refractivity contribution in [2.45, 2.75) is 6.04 Å². The third-order valence-corrected chi connectivity index (χ3v) is 3.61. The molecule has 0 saturated carbocycles. The number of carbonyl (C=O) groups excluding carboxylic acids is 1. The van der Waals surface area contributed by atoms with E-state index in [9.17, 15) is 9.90 Å². The van der Waals surface area contributed by atoms with Gasteiger partial charge in [0.2, 0.25) is 0 Å². The van der Waals surface area contributed by atoms with Crippen molar-refractivity contribution in [3.8, 4) is 5.75 Å². The van der Waals surface area contributed by atoms with Crippen LogP contribution in [0.25, 0.3) is 0 Å². The van der Waals surface area contributed by atoms with Crippen molar-refractivity contribution < 1.29 is 9.90 Å². The number of aromatic hydroxyl groups is 1. The molecule has 2 N–H and O–H groups in total. The van der Waals surface area contributed by atoms with Gasteiger partial charge in [0.15, 0.2) is 0 Å². The number of carbonyl (C=O) groups is 1. The first-order valence-electron chi connectivity index (χ1n) is 6.52. The number of hydrogen-bond acceptors (Lipinski definition) is 4. The lowest BCUT2D eigenvalue weighted by Gasteiger charge is -2.37. The molecule has 0 spiro atoms. The number of nitrogens with zero attached hydrogens (tertiary/aromatic N) is 2. The van der Waals surface area contributed by atoms with Crippen LogP contribution in [0.3, 0.4) is 0 Å². The molecule has 104 valence electrons. The highest BCUT2D eigenvalue weighted by atomic mass is 16.3. The second kappa shape index (κ2) is 6.04. The van der Waals surface area contributed by atoms with Gasteiger partial charge in [0, 0.05) is 37.8 Å². The Balaban J connectivity index is 1.87. The van der Waals surface area contributed by atoms with Crippen LogP contribution in [0.2, 0.25) is 0 Å². The standard InChI is InChI=1S/C14H21N3O2/c1-16-7-8-17(2)12(10-16)9-15-14(19)11-3-5-13(18)6-4-11/h3-6,12,18H,7-10H2,1-2H3,(H,15,19). The minimum atomic E-state index is -0.0957. The fraction of sp³-hybridized carbons (Fsp3) is 0.500. The minimum Gasteiger partial charge on any atom is -0.508 e. The molecule has 5 heteroatoms. The van der Waals surface area contributed by atoms with Crippen LogP contribution in [0.15, 0.2) is 24.3 Å². The zero-order chi connectivity index (χ0) is 13.8. The SMILES string of the molecule is CN1CCN(C)C(CNC(=O)c2ccc(O)cc2)C1. The molecule has 1 heterocycles. The maximum absolute atomic E-state index is 12.0. The molecule has 1 aliphatic rings. The molecule has 0 bridgehead atoms. The molecule has 19 heavy (non-hydrogen) atoms. The second-order valence-electron chi connectivity index (χ2n) is 5.15. The summed E-state index contributed by atoms with van der Waals surface area (Å²) in [5, 5.41) is 12.1. The molecule has 1 atom stereocenters. The summed E-state index contributed by atoms with van der Waals surface area (Å²) in [6.07, 6.45) is 0. The number of phenolic OH excluding ortho intramolecular Hbond substituents is 1. The van der Waals surface area contributed by atoms with Crippen LogP contribution in [0.1, 0.15) is 10.4 Å². The third-order valence-electron chi connectivity index (χ3n) is 3.61. The highest BCUT2D eigenvalue weighted by molar-refractivity contribution is 5.94. The number of piperazine rings is 1. The van der Waals surface area contributed by atoms with E-state index in [-0.39, 0.29) is 11.7 Å². The van der Waals surface area contributed by atoms with Crippen molar-refractivity contribution in [1.82, 2.24) is 15.1 Å². The van der Waals surface area contributed by atoms with Gasteiger partial charge in [-0.15, -0.1) is 0 Å². The fourth-order valence-electron chi connectivity index (χ4n) is 2.25. The van der Waals surface area contributed by atoms with Gasteiger partial charge in [0.1, 0.15) is 5.75 Å². The molecule has 1 amide bonds. The Labute approximate surface area is 113 Å². The molecule has 1 aromatic rings. The van der Waals surface area contributed by atoms with Gasteiger partial charge >= 0.3 is 0 Å². The van der Waals surface area contributed by atoms with Crippen LogP contribution in [-0.2, 0) is 0 Å². The van der Waals surface area contributed by atoms with Crippen molar-refractivity contribution in [2.75, 3.05) is 40.3 Å². The summed E-state index contributed by atoms with van der Waals surface area (Å²) in [7, 11) is 4.19. The van der Waals surface area contributed by atoms with Gasteiger partial charge in [0.05, 0.1) is 0 Å². The smallest absolute Gasteiger partial charge is 0.251 e. The van der Waals surface area contributed by atoms with Gasteiger partial charge in [0.25, 0.3) is 5.91 Å². The normalized spacial score (nSPS) is 21.3. The van der Waals surface area contributed by atoms with Crippen molar-refractivity contribution in [3.05, 3.63) is 29.8 Å². The Hall–Kier alpha value is -1.59. The van der Waals surface area contributed by atoms with Gasteiger partial charge in [-0.3, -0.25) is 9.69 Å². The molecule has 2 rings (SSSR count). The zero-order valence-corrected chi connectivity index (χ0v) is 11.5. The van der Waals surface area contributed by atoms with E-state index in [0.717, 1.165) is 19.6 Å². The van der Waals surface area contributed by atoms with Crippen molar-refractivity contribution in [1.29, 1.82) is 0 Å². The predicted molar refractivity (Wildman–Crippen MR) is 74.4 cm³/mol. The number of nitrogens with one attached hydrogen (secondary N) is 1. The molecular weight excluding hydrogens is 242 g/mol. The average Bonchev–Trinajstić information content (AvgIpc) is 2.40. The van der Waals surface area contributed by atoms with Gasteiger partial charge < -0.3 is 15.3 Å². The second-order valence-corrected chi connectivity index (χ2v) is 5.15. The first-order valence-corrected chi connectivity index (χ1v) is 6.52. The minimum absolute atomic E-state index is 0.0957. The molecule has 1 unspecified atom stereocenters. The van der Waals surface area contributed by atoms with Crippen LogP contribution in [-0.4, -0.2) is 67.1 Å². The summed E-state index contributed by atoms with van der Waals surface area (Å²) in [5.41, 5.74) is 0.574. The van der Waals surface area contributed by atoms with Crippen LogP contribution in [0, 0.1) is 0 Å². The van der Waals surface area contributed by atoms with Crippen molar-refractivity contribution in [3.63, 3.8) is 0 Å². The molecule has 0 radical (unpaired) electrons. The maximum Gasteiger partial charge on any atom is 0.251 e. The maximum atomic E-state index is 12.0. The summed E-state index contributed by atoms with van der Waals surface area (Å²) in [5.74, 6) is 0.0758. The summed E-state index contributed by atoms with van der Waals surface area (Å²) in [4.78, 5) is 16.5. The van der Waals surface area contributed by atoms with E-state index in [1.165, 1.54) is 12.1 Å². The van der Waals surface area contributed by atoms with Crippen LogP contribution in [0.5, 0.6) is 5.75 Å². The van der Waals surface area contributed by atoms with Crippen molar-refractivity contribution in [2.24, 2.45) is 0 Å². The van der Waals surface area contributed by atoms with Crippen molar-refractivity contribution >= 4 is 5.91 Å². The quantitative estimate of drug-likeness (QED) is 0.827. The predicted octanol–water partition coefficient (Wildman–Crippen LogP) is 0.368. The largest absolute Gasteiger partial charge is 0.508 e. The van der Waals surface area contributed by atoms with E-state index in [4.69, 9.17) is 0 Å². The number of rotatable bonds is 3. The Morgan fingerprint density at radius 3 is 2.68 bits per heavy atom. The monoisotopic (exact) mass is 263 g/mol. The first-order chi connectivity index (χ1) is 9.06. The Morgan fingerprint density at radius 2 is 2.00 bits per heavy atom. The number of amides is 1. The molecule has 1 fully saturated rings. The highest BCUT2D eigenvalue weighted by Crippen LogP contribution is 2.10. The Kier molecular flexibility index (Phi) is 4.39. The average molecular weight is 263 g/mol. The summed E-state index contributed by atoms with van der Waals surface area (Å²) >= 11 is 0. The third kappa shape index (κ3) is 3.68. The van der Waals surface area contributed by atoms with Crippen LogP contribution in [0.4, 0.5) is 0 Å². The highest BCUT2D eigenvalue weighted by Gasteiger charge is 2.22. The Morgan fingerprint density at radius 1 is 1.32 bits per heavy atom.